The van der Waals surface area contributed by atoms with Crippen LogP contribution in [0.25, 0.3) is 5.83 Å². The van der Waals surface area contributed by atoms with Crippen LogP contribution in [0.5, 0.6) is 5.75 Å². The lowest BCUT2D eigenvalue weighted by atomic mass is 10.1. The fourth-order valence-corrected chi connectivity index (χ4v) is 6.56. The minimum absolute atomic E-state index is 0.152. The topological polar surface area (TPSA) is 118 Å². The third kappa shape index (κ3) is 6.68. The van der Waals surface area contributed by atoms with Crippen LogP contribution in [0.3, 0.4) is 0 Å². The van der Waals surface area contributed by atoms with Gasteiger partial charge in [-0.2, -0.15) is 4.36 Å². The van der Waals surface area contributed by atoms with Crippen LogP contribution >= 0.6 is 23.2 Å². The van der Waals surface area contributed by atoms with Crippen LogP contribution in [0.2, 0.25) is 10.0 Å². The van der Waals surface area contributed by atoms with Crippen LogP contribution in [0.15, 0.2) is 59.4 Å². The Balaban J connectivity index is 1.50. The van der Waals surface area contributed by atoms with Crippen molar-refractivity contribution >= 4 is 56.0 Å². The first-order valence-corrected chi connectivity index (χ1v) is 14.3. The highest BCUT2D eigenvalue weighted by atomic mass is 35.5. The number of rotatable bonds is 7. The standard InChI is InChI=1S/C26H27Cl2FN6O2S/c1-16(26-20(27)14-32-15-21(26)28)37-18-4-5-23(30)19(11-18)24(31)12-22(29)17-3-6-25(33-13-17)34-38(36)9-7-35(2)8-10-38/h3-6,11-16,31H,7-10,30H2,1-2H3/b22-12-,31-24?. The van der Waals surface area contributed by atoms with Crippen molar-refractivity contribution in [3.05, 3.63) is 81.7 Å². The van der Waals surface area contributed by atoms with Crippen LogP contribution in [0.4, 0.5) is 15.9 Å². The molecule has 1 atom stereocenters. The monoisotopic (exact) mass is 576 g/mol. The van der Waals surface area contributed by atoms with Gasteiger partial charge in [0.05, 0.1) is 25.5 Å². The molecular weight excluding hydrogens is 550 g/mol. The van der Waals surface area contributed by atoms with Crippen molar-refractivity contribution in [3.63, 3.8) is 0 Å². The summed E-state index contributed by atoms with van der Waals surface area (Å²) in [4.78, 5) is 10.2. The number of ether oxygens (including phenoxy) is 1. The number of allylic oxidation sites excluding steroid dienone is 1. The predicted octanol–water partition coefficient (Wildman–Crippen LogP) is 5.93. The third-order valence-corrected chi connectivity index (χ3v) is 8.83. The summed E-state index contributed by atoms with van der Waals surface area (Å²) >= 11 is 12.5. The smallest absolute Gasteiger partial charge is 0.161 e. The second-order valence-electron chi connectivity index (χ2n) is 8.91. The zero-order valence-electron chi connectivity index (χ0n) is 20.8. The molecule has 1 aliphatic rings. The summed E-state index contributed by atoms with van der Waals surface area (Å²) in [6.45, 7) is 3.19. The molecule has 0 bridgehead atoms. The Labute approximate surface area is 231 Å². The molecule has 1 aromatic carbocycles. The molecule has 3 N–H and O–H groups in total. The minimum atomic E-state index is -2.37. The summed E-state index contributed by atoms with van der Waals surface area (Å²) in [5.74, 6) is 0.976. The van der Waals surface area contributed by atoms with Gasteiger partial charge in [-0.3, -0.25) is 4.98 Å². The van der Waals surface area contributed by atoms with Gasteiger partial charge in [-0.25, -0.2) is 13.6 Å². The van der Waals surface area contributed by atoms with Crippen LogP contribution in [-0.4, -0.2) is 56.4 Å². The molecule has 0 saturated carbocycles. The number of nitrogens with two attached hydrogens (primary N) is 1. The van der Waals surface area contributed by atoms with Crippen LogP contribution in [-0.2, 0) is 9.73 Å². The Morgan fingerprint density at radius 1 is 1.21 bits per heavy atom. The van der Waals surface area contributed by atoms with E-state index in [-0.39, 0.29) is 22.5 Å². The highest BCUT2D eigenvalue weighted by molar-refractivity contribution is 7.93. The van der Waals surface area contributed by atoms with E-state index >= 15 is 4.39 Å². The molecule has 200 valence electrons. The van der Waals surface area contributed by atoms with Gasteiger partial charge in [-0.05, 0) is 44.3 Å². The maximum absolute atomic E-state index is 15.0. The number of benzene rings is 1. The number of anilines is 1. The van der Waals surface area contributed by atoms with E-state index in [9.17, 15) is 4.21 Å². The summed E-state index contributed by atoms with van der Waals surface area (Å²) < 4.78 is 38.2. The Morgan fingerprint density at radius 3 is 2.53 bits per heavy atom. The van der Waals surface area contributed by atoms with E-state index in [1.54, 1.807) is 25.1 Å². The fourth-order valence-electron chi connectivity index (χ4n) is 3.86. The van der Waals surface area contributed by atoms with Gasteiger partial charge in [-0.1, -0.05) is 23.2 Å². The van der Waals surface area contributed by atoms with Gasteiger partial charge in [0, 0.05) is 71.6 Å². The summed E-state index contributed by atoms with van der Waals surface area (Å²) in [6.07, 6.45) is 4.80. The zero-order chi connectivity index (χ0) is 27.4. The summed E-state index contributed by atoms with van der Waals surface area (Å²) in [7, 11) is -0.393. The molecule has 0 amide bonds. The van der Waals surface area contributed by atoms with Crippen molar-refractivity contribution in [1.82, 2.24) is 14.9 Å². The maximum Gasteiger partial charge on any atom is 0.161 e. The highest BCUT2D eigenvalue weighted by Crippen LogP contribution is 2.33. The molecular formula is C26H27Cl2FN6O2S. The van der Waals surface area contributed by atoms with Crippen LogP contribution in [0, 0.1) is 5.41 Å². The molecule has 3 aromatic rings. The van der Waals surface area contributed by atoms with Crippen molar-refractivity contribution in [1.29, 1.82) is 5.41 Å². The molecule has 4 rings (SSSR count). The lowest BCUT2D eigenvalue weighted by Crippen LogP contribution is -2.37. The molecule has 1 unspecified atom stereocenters. The molecule has 12 heteroatoms. The first kappa shape index (κ1) is 28.0. The quantitative estimate of drug-likeness (QED) is 0.266. The second kappa shape index (κ2) is 11.8. The van der Waals surface area contributed by atoms with Crippen molar-refractivity contribution in [2.75, 3.05) is 37.4 Å². The number of nitrogen functional groups attached to an aromatic ring is 1. The molecule has 3 heterocycles. The van der Waals surface area contributed by atoms with Gasteiger partial charge >= 0.3 is 0 Å². The summed E-state index contributed by atoms with van der Waals surface area (Å²) in [5, 5.41) is 9.16. The van der Waals surface area contributed by atoms with E-state index in [4.69, 9.17) is 39.1 Å². The van der Waals surface area contributed by atoms with Gasteiger partial charge in [0.25, 0.3) is 0 Å². The molecule has 38 heavy (non-hydrogen) atoms. The van der Waals surface area contributed by atoms with Gasteiger partial charge in [-0.15, -0.1) is 0 Å². The number of pyridine rings is 2. The maximum atomic E-state index is 15.0. The number of aromatic nitrogens is 2. The van der Waals surface area contributed by atoms with Crippen molar-refractivity contribution in [2.24, 2.45) is 4.36 Å². The lowest BCUT2D eigenvalue weighted by molar-refractivity contribution is 0.227. The van der Waals surface area contributed by atoms with Crippen LogP contribution < -0.4 is 10.5 Å². The molecule has 0 radical (unpaired) electrons. The number of hydrogen-bond acceptors (Lipinski definition) is 8. The van der Waals surface area contributed by atoms with E-state index in [1.165, 1.54) is 30.7 Å². The molecule has 0 spiro atoms. The lowest BCUT2D eigenvalue weighted by Gasteiger charge is -2.24. The Kier molecular flexibility index (Phi) is 8.67. The average Bonchev–Trinajstić information content (AvgIpc) is 2.87. The number of nitrogens with zero attached hydrogens (tertiary/aromatic N) is 4. The molecule has 1 fully saturated rings. The van der Waals surface area contributed by atoms with Gasteiger partial charge in [0.15, 0.2) is 5.82 Å². The largest absolute Gasteiger partial charge is 0.486 e. The number of halogens is 3. The Hall–Kier alpha value is -3.05. The summed E-state index contributed by atoms with van der Waals surface area (Å²) in [5.41, 5.74) is 7.23. The number of nitrogens with one attached hydrogen (secondary N) is 1. The highest BCUT2D eigenvalue weighted by Gasteiger charge is 2.19. The number of hydrogen-bond donors (Lipinski definition) is 2. The summed E-state index contributed by atoms with van der Waals surface area (Å²) in [6, 6.07) is 7.80. The first-order valence-electron chi connectivity index (χ1n) is 11.7. The zero-order valence-corrected chi connectivity index (χ0v) is 23.2. The van der Waals surface area contributed by atoms with Crippen molar-refractivity contribution in [3.8, 4) is 5.75 Å². The second-order valence-corrected chi connectivity index (χ2v) is 12.3. The average molecular weight is 578 g/mol. The van der Waals surface area contributed by atoms with E-state index in [1.807, 2.05) is 7.05 Å². The van der Waals surface area contributed by atoms with Crippen LogP contribution in [0.1, 0.15) is 29.7 Å². The van der Waals surface area contributed by atoms with E-state index < -0.39 is 21.7 Å². The normalized spacial score (nSPS) is 16.6. The van der Waals surface area contributed by atoms with Gasteiger partial charge in [0.1, 0.15) is 17.7 Å². The predicted molar refractivity (Wildman–Crippen MR) is 152 cm³/mol. The van der Waals surface area contributed by atoms with Gasteiger partial charge < -0.3 is 20.8 Å². The van der Waals surface area contributed by atoms with Crippen molar-refractivity contribution in [2.45, 2.75) is 13.0 Å². The molecule has 0 aliphatic carbocycles. The van der Waals surface area contributed by atoms with E-state index in [0.717, 1.165) is 6.08 Å². The SMILES string of the molecule is CC(Oc1ccc(N)c(C(=N)/C=C(\F)c2ccc(N=S3(=O)CCN(C)CC3)nc2)c1)c1c(Cl)cncc1Cl. The van der Waals surface area contributed by atoms with E-state index in [0.29, 0.717) is 51.8 Å². The first-order chi connectivity index (χ1) is 18.0. The molecule has 1 aliphatic heterocycles. The Bertz CT molecular complexity index is 1470. The molecule has 1 saturated heterocycles. The Morgan fingerprint density at radius 2 is 1.89 bits per heavy atom. The molecule has 8 nitrogen and oxygen atoms in total. The third-order valence-electron chi connectivity index (χ3n) is 6.06. The molecule has 2 aromatic heterocycles. The van der Waals surface area contributed by atoms with Gasteiger partial charge in [0.2, 0.25) is 0 Å². The minimum Gasteiger partial charge on any atom is -0.486 e. The van der Waals surface area contributed by atoms with E-state index in [2.05, 4.69) is 19.2 Å². The fraction of sp³-hybridized carbons (Fsp3) is 0.269. The van der Waals surface area contributed by atoms with Crippen molar-refractivity contribution < 1.29 is 13.3 Å².